The van der Waals surface area contributed by atoms with Crippen LogP contribution in [0.15, 0.2) is 70.5 Å². The molecule has 252 valence electrons. The molecule has 1 heteroatoms. The lowest BCUT2D eigenvalue weighted by Gasteiger charge is -2.49. The zero-order valence-electron chi connectivity index (χ0n) is 31.2. The summed E-state index contributed by atoms with van der Waals surface area (Å²) in [7, 11) is 0. The van der Waals surface area contributed by atoms with Crippen molar-refractivity contribution in [1.29, 1.82) is 0 Å². The summed E-state index contributed by atoms with van der Waals surface area (Å²) in [5.74, 6) is 0.462. The molecule has 2 unspecified atom stereocenters. The van der Waals surface area contributed by atoms with Gasteiger partial charge in [-0.3, -0.25) is 0 Å². The van der Waals surface area contributed by atoms with E-state index in [-0.39, 0.29) is 16.2 Å². The molecule has 0 bridgehead atoms. The summed E-state index contributed by atoms with van der Waals surface area (Å²) in [6, 6.07) is 9.37. The second-order valence-corrected chi connectivity index (χ2v) is 16.2. The van der Waals surface area contributed by atoms with E-state index in [0.29, 0.717) is 5.92 Å². The fourth-order valence-corrected chi connectivity index (χ4v) is 8.66. The zero-order chi connectivity index (χ0) is 33.1. The van der Waals surface area contributed by atoms with Crippen molar-refractivity contribution in [3.63, 3.8) is 0 Å². The molecule has 1 aromatic rings. The molecule has 0 amide bonds. The first-order valence-electron chi connectivity index (χ1n) is 19.0. The molecule has 0 spiro atoms. The highest BCUT2D eigenvalue weighted by Gasteiger charge is 2.45. The fraction of sp³-hybridized carbons (Fsp3) is 0.682. The van der Waals surface area contributed by atoms with E-state index in [9.17, 15) is 0 Å². The molecule has 0 radical (unpaired) electrons. The van der Waals surface area contributed by atoms with Crippen LogP contribution in [-0.2, 0) is 5.41 Å². The van der Waals surface area contributed by atoms with Crippen LogP contribution in [0.5, 0.6) is 0 Å². The van der Waals surface area contributed by atoms with Crippen LogP contribution in [0.2, 0.25) is 0 Å². The molecule has 0 aliphatic heterocycles. The number of rotatable bonds is 16. The number of nitrogens with two attached hydrogens (primary N) is 1. The van der Waals surface area contributed by atoms with E-state index in [1.807, 2.05) is 0 Å². The van der Waals surface area contributed by atoms with E-state index < -0.39 is 0 Å². The molecule has 0 fully saturated rings. The standard InChI is InChI=1S/C44H71N/c1-10-12-14-16-18-22-30-44(31-23-19-17-15-13-11-2,40-25-21-20-24-35(40)4)37-27-28-38-36(5)43(9,42(6,7)8)33-34(3)26-29-41(45)39(38)32-37/h20-21,24-26,29,32,36H,10-19,22-23,27-28,30-31,33,45H2,1-9H3/b34-26+,41-29-. The molecule has 3 rings (SSSR count). The van der Waals surface area contributed by atoms with E-state index in [0.717, 1.165) is 25.0 Å². The van der Waals surface area contributed by atoms with Crippen LogP contribution in [-0.4, -0.2) is 0 Å². The minimum Gasteiger partial charge on any atom is -0.398 e. The smallest absolute Gasteiger partial charge is 0.0387 e. The molecule has 0 saturated carbocycles. The third-order valence-electron chi connectivity index (χ3n) is 12.2. The first-order valence-corrected chi connectivity index (χ1v) is 19.0. The van der Waals surface area contributed by atoms with Gasteiger partial charge in [-0.25, -0.2) is 0 Å². The molecule has 2 atom stereocenters. The Bertz CT molecular complexity index is 1180. The Balaban J connectivity index is 2.15. The van der Waals surface area contributed by atoms with Crippen molar-refractivity contribution in [2.24, 2.45) is 22.5 Å². The second kappa shape index (κ2) is 17.2. The van der Waals surface area contributed by atoms with Gasteiger partial charge in [-0.05, 0) is 85.5 Å². The topological polar surface area (TPSA) is 26.0 Å². The maximum atomic E-state index is 7.07. The summed E-state index contributed by atoms with van der Waals surface area (Å²) in [6.07, 6.45) is 29.2. The monoisotopic (exact) mass is 614 g/mol. The maximum Gasteiger partial charge on any atom is 0.0387 e. The van der Waals surface area contributed by atoms with Crippen LogP contribution in [0.25, 0.3) is 0 Å². The summed E-state index contributed by atoms with van der Waals surface area (Å²) >= 11 is 0. The molecule has 0 saturated heterocycles. The lowest BCUT2D eigenvalue weighted by molar-refractivity contribution is 0.0578. The molecule has 2 aliphatic carbocycles. The van der Waals surface area contributed by atoms with E-state index in [2.05, 4.69) is 105 Å². The van der Waals surface area contributed by atoms with Crippen LogP contribution >= 0.6 is 0 Å². The number of benzene rings is 1. The largest absolute Gasteiger partial charge is 0.398 e. The lowest BCUT2D eigenvalue weighted by atomic mass is 9.55. The van der Waals surface area contributed by atoms with E-state index in [4.69, 9.17) is 5.73 Å². The molecular weight excluding hydrogens is 542 g/mol. The van der Waals surface area contributed by atoms with Crippen molar-refractivity contribution in [1.82, 2.24) is 0 Å². The summed E-state index contributed by atoms with van der Waals surface area (Å²) in [5.41, 5.74) is 17.5. The number of unbranched alkanes of at least 4 members (excludes halogenated alkanes) is 10. The van der Waals surface area contributed by atoms with Gasteiger partial charge in [0.25, 0.3) is 0 Å². The Morgan fingerprint density at radius 3 is 1.89 bits per heavy atom. The number of hydrogen-bond donors (Lipinski definition) is 1. The van der Waals surface area contributed by atoms with Gasteiger partial charge in [0.15, 0.2) is 0 Å². The van der Waals surface area contributed by atoms with Crippen LogP contribution in [0.3, 0.4) is 0 Å². The molecule has 1 aromatic carbocycles. The van der Waals surface area contributed by atoms with Crippen molar-refractivity contribution in [2.45, 2.75) is 177 Å². The maximum absolute atomic E-state index is 7.07. The van der Waals surface area contributed by atoms with Crippen LogP contribution in [0.1, 0.15) is 176 Å². The van der Waals surface area contributed by atoms with Gasteiger partial charge < -0.3 is 5.73 Å². The van der Waals surface area contributed by atoms with Gasteiger partial charge in [0.05, 0.1) is 0 Å². The Labute approximate surface area is 280 Å². The first-order chi connectivity index (χ1) is 21.4. The normalized spacial score (nSPS) is 23.7. The van der Waals surface area contributed by atoms with Crippen LogP contribution < -0.4 is 5.73 Å². The van der Waals surface area contributed by atoms with E-state index in [1.54, 1.807) is 16.7 Å². The van der Waals surface area contributed by atoms with Crippen molar-refractivity contribution in [3.8, 4) is 0 Å². The summed E-state index contributed by atoms with van der Waals surface area (Å²) in [6.45, 7) is 21.7. The minimum absolute atomic E-state index is 0.0837. The molecule has 2 aliphatic rings. The van der Waals surface area contributed by atoms with Crippen molar-refractivity contribution in [2.75, 3.05) is 0 Å². The highest BCUT2D eigenvalue weighted by Crippen LogP contribution is 2.55. The van der Waals surface area contributed by atoms with Gasteiger partial charge in [0, 0.05) is 11.1 Å². The highest BCUT2D eigenvalue weighted by atomic mass is 14.6. The number of aryl methyl sites for hydroxylation is 1. The van der Waals surface area contributed by atoms with Gasteiger partial charge in [-0.15, -0.1) is 0 Å². The van der Waals surface area contributed by atoms with Gasteiger partial charge in [0.2, 0.25) is 0 Å². The number of allylic oxidation sites excluding steroid dienone is 6. The van der Waals surface area contributed by atoms with E-state index >= 15 is 0 Å². The Morgan fingerprint density at radius 2 is 1.33 bits per heavy atom. The predicted molar refractivity (Wildman–Crippen MR) is 201 cm³/mol. The zero-order valence-corrected chi connectivity index (χ0v) is 31.2. The molecule has 45 heavy (non-hydrogen) atoms. The van der Waals surface area contributed by atoms with Crippen LogP contribution in [0, 0.1) is 23.7 Å². The minimum atomic E-state index is 0.0837. The second-order valence-electron chi connectivity index (χ2n) is 16.2. The molecule has 1 nitrogen and oxygen atoms in total. The SMILES string of the molecule is CCCCCCCCC(CCCCCCCC)(C1=CC2=C(CC1)C(C)C(C)(C(C)(C)C)C/C(C)=C/C=C/2N)c1ccccc1C. The third kappa shape index (κ3) is 9.29. The van der Waals surface area contributed by atoms with Gasteiger partial charge >= 0.3 is 0 Å². The molecule has 0 heterocycles. The lowest BCUT2D eigenvalue weighted by Crippen LogP contribution is -2.40. The third-order valence-corrected chi connectivity index (χ3v) is 12.2. The fourth-order valence-electron chi connectivity index (χ4n) is 8.66. The summed E-state index contributed by atoms with van der Waals surface area (Å²) in [5, 5.41) is 0. The molecule has 0 aromatic heterocycles. The highest BCUT2D eigenvalue weighted by molar-refractivity contribution is 5.53. The Hall–Kier alpha value is -2.02. The summed E-state index contributed by atoms with van der Waals surface area (Å²) < 4.78 is 0. The quantitative estimate of drug-likeness (QED) is 0.184. The average molecular weight is 614 g/mol. The average Bonchev–Trinajstić information content (AvgIpc) is 3.04. The number of hydrogen-bond acceptors (Lipinski definition) is 1. The Kier molecular flexibility index (Phi) is 14.3. The van der Waals surface area contributed by atoms with Crippen molar-refractivity contribution < 1.29 is 0 Å². The van der Waals surface area contributed by atoms with Crippen LogP contribution in [0.4, 0.5) is 0 Å². The predicted octanol–water partition coefficient (Wildman–Crippen LogP) is 13.6. The van der Waals surface area contributed by atoms with Gasteiger partial charge in [0.1, 0.15) is 0 Å². The van der Waals surface area contributed by atoms with Gasteiger partial charge in [-0.2, -0.15) is 0 Å². The summed E-state index contributed by atoms with van der Waals surface area (Å²) in [4.78, 5) is 0. The first kappa shape index (κ1) is 37.4. The molecule has 2 N–H and O–H groups in total. The van der Waals surface area contributed by atoms with Crippen molar-refractivity contribution >= 4 is 0 Å². The van der Waals surface area contributed by atoms with Gasteiger partial charge in [-0.1, -0.05) is 179 Å². The Morgan fingerprint density at radius 1 is 0.778 bits per heavy atom. The van der Waals surface area contributed by atoms with E-state index in [1.165, 1.54) is 107 Å². The molecular formula is C44H71N. The van der Waals surface area contributed by atoms with Crippen molar-refractivity contribution in [3.05, 3.63) is 81.6 Å².